The molecule has 116 valence electrons. The number of anilines is 1. The molecular formula is C14H20ClN3O3. The van der Waals surface area contributed by atoms with E-state index in [9.17, 15) is 9.90 Å². The predicted octanol–water partition coefficient (Wildman–Crippen LogP) is 2.57. The molecule has 0 aromatic carbocycles. The number of piperidine rings is 1. The van der Waals surface area contributed by atoms with E-state index in [-0.39, 0.29) is 28.3 Å². The lowest BCUT2D eigenvalue weighted by atomic mass is 9.99. The van der Waals surface area contributed by atoms with E-state index in [1.165, 1.54) is 13.5 Å². The average molecular weight is 314 g/mol. The van der Waals surface area contributed by atoms with Crippen molar-refractivity contribution in [2.24, 2.45) is 0 Å². The molecule has 1 unspecified atom stereocenters. The Kier molecular flexibility index (Phi) is 4.90. The molecular weight excluding hydrogens is 294 g/mol. The van der Waals surface area contributed by atoms with Gasteiger partial charge in [-0.25, -0.2) is 4.79 Å². The lowest BCUT2D eigenvalue weighted by Gasteiger charge is -2.33. The number of methoxy groups -OCH3 is 1. The van der Waals surface area contributed by atoms with Gasteiger partial charge in [-0.1, -0.05) is 18.0 Å². The van der Waals surface area contributed by atoms with Crippen LogP contribution in [0.1, 0.15) is 48.1 Å². The molecule has 2 heterocycles. The zero-order chi connectivity index (χ0) is 15.6. The number of nitrogen functional groups attached to an aromatic ring is 1. The number of carboxylic acids is 1. The van der Waals surface area contributed by atoms with E-state index in [0.29, 0.717) is 5.56 Å². The zero-order valence-electron chi connectivity index (χ0n) is 12.2. The molecule has 3 N–H and O–H groups in total. The van der Waals surface area contributed by atoms with Crippen LogP contribution in [0.5, 0.6) is 5.88 Å². The fourth-order valence-corrected chi connectivity index (χ4v) is 3.11. The summed E-state index contributed by atoms with van der Waals surface area (Å²) in [5.41, 5.74) is 6.28. The summed E-state index contributed by atoms with van der Waals surface area (Å²) in [7, 11) is 1.37. The molecule has 7 heteroatoms. The van der Waals surface area contributed by atoms with E-state index < -0.39 is 5.97 Å². The second-order valence-corrected chi connectivity index (χ2v) is 5.56. The third kappa shape index (κ3) is 3.06. The van der Waals surface area contributed by atoms with Gasteiger partial charge in [0.1, 0.15) is 11.4 Å². The van der Waals surface area contributed by atoms with Crippen LogP contribution in [-0.4, -0.2) is 41.2 Å². The molecule has 1 aliphatic rings. The minimum Gasteiger partial charge on any atom is -0.480 e. The van der Waals surface area contributed by atoms with Crippen molar-refractivity contribution in [2.45, 2.75) is 32.2 Å². The van der Waals surface area contributed by atoms with Crippen molar-refractivity contribution in [1.29, 1.82) is 0 Å². The number of hydrogen-bond acceptors (Lipinski definition) is 5. The molecule has 1 aliphatic heterocycles. The first-order valence-electron chi connectivity index (χ1n) is 6.97. The maximum absolute atomic E-state index is 11.6. The lowest BCUT2D eigenvalue weighted by Crippen LogP contribution is -2.33. The Hall–Kier alpha value is -1.53. The van der Waals surface area contributed by atoms with Gasteiger partial charge in [0.15, 0.2) is 0 Å². The van der Waals surface area contributed by atoms with Gasteiger partial charge >= 0.3 is 5.97 Å². The van der Waals surface area contributed by atoms with Gasteiger partial charge in [0, 0.05) is 11.6 Å². The van der Waals surface area contributed by atoms with E-state index >= 15 is 0 Å². The molecule has 1 atom stereocenters. The highest BCUT2D eigenvalue weighted by Crippen LogP contribution is 2.38. The van der Waals surface area contributed by atoms with E-state index in [2.05, 4.69) is 9.88 Å². The molecule has 0 spiro atoms. The summed E-state index contributed by atoms with van der Waals surface area (Å²) in [6.45, 7) is 3.78. The standard InChI is InChI=1S/C14H20ClN3O3/c1-8(18-6-4-3-5-7-18)9-10(14(19)20)13(21-2)17-12(16)11(9)15/h8H,3-7H2,1-2H3,(H2,16,17)(H,19,20). The molecule has 1 aromatic rings. The van der Waals surface area contributed by atoms with Crippen LogP contribution in [0, 0.1) is 0 Å². The summed E-state index contributed by atoms with van der Waals surface area (Å²) in [4.78, 5) is 17.8. The number of rotatable bonds is 4. The summed E-state index contributed by atoms with van der Waals surface area (Å²) < 4.78 is 5.07. The quantitative estimate of drug-likeness (QED) is 0.888. The minimum absolute atomic E-state index is 0.00302. The summed E-state index contributed by atoms with van der Waals surface area (Å²) >= 11 is 6.25. The molecule has 0 radical (unpaired) electrons. The number of nitrogens with two attached hydrogens (primary N) is 1. The molecule has 6 nitrogen and oxygen atoms in total. The number of carbonyl (C=O) groups is 1. The topological polar surface area (TPSA) is 88.7 Å². The van der Waals surface area contributed by atoms with Gasteiger partial charge in [-0.15, -0.1) is 0 Å². The number of carboxylic acid groups (broad SMARTS) is 1. The first kappa shape index (κ1) is 15.9. The highest BCUT2D eigenvalue weighted by atomic mass is 35.5. The molecule has 1 saturated heterocycles. The number of aromatic nitrogens is 1. The fraction of sp³-hybridized carbons (Fsp3) is 0.571. The molecule has 0 saturated carbocycles. The molecule has 1 fully saturated rings. The lowest BCUT2D eigenvalue weighted by molar-refractivity contribution is 0.0687. The molecule has 2 rings (SSSR count). The van der Waals surface area contributed by atoms with Gasteiger partial charge in [0.05, 0.1) is 12.1 Å². The van der Waals surface area contributed by atoms with Crippen molar-refractivity contribution in [3.8, 4) is 5.88 Å². The largest absolute Gasteiger partial charge is 0.480 e. The minimum atomic E-state index is -1.11. The van der Waals surface area contributed by atoms with Crippen LogP contribution >= 0.6 is 11.6 Å². The van der Waals surface area contributed by atoms with Gasteiger partial charge in [-0.2, -0.15) is 4.98 Å². The van der Waals surface area contributed by atoms with Crippen LogP contribution in [-0.2, 0) is 0 Å². The number of nitrogens with zero attached hydrogens (tertiary/aromatic N) is 2. The molecule has 0 bridgehead atoms. The van der Waals surface area contributed by atoms with Crippen molar-refractivity contribution in [3.05, 3.63) is 16.1 Å². The Bertz CT molecular complexity index is 545. The van der Waals surface area contributed by atoms with Gasteiger partial charge in [-0.05, 0) is 32.9 Å². The molecule has 0 aliphatic carbocycles. The highest BCUT2D eigenvalue weighted by molar-refractivity contribution is 6.34. The van der Waals surface area contributed by atoms with E-state index in [1.807, 2.05) is 6.92 Å². The van der Waals surface area contributed by atoms with Crippen molar-refractivity contribution in [2.75, 3.05) is 25.9 Å². The van der Waals surface area contributed by atoms with Gasteiger partial charge in [0.25, 0.3) is 0 Å². The number of hydrogen-bond donors (Lipinski definition) is 2. The van der Waals surface area contributed by atoms with Crippen LogP contribution in [0.3, 0.4) is 0 Å². The van der Waals surface area contributed by atoms with Crippen molar-refractivity contribution in [3.63, 3.8) is 0 Å². The van der Waals surface area contributed by atoms with Crippen molar-refractivity contribution >= 4 is 23.4 Å². The maximum Gasteiger partial charge on any atom is 0.341 e. The molecule has 0 amide bonds. The smallest absolute Gasteiger partial charge is 0.341 e. The molecule has 1 aromatic heterocycles. The monoisotopic (exact) mass is 313 g/mol. The number of likely N-dealkylation sites (tertiary alicyclic amines) is 1. The summed E-state index contributed by atoms with van der Waals surface area (Å²) in [6.07, 6.45) is 3.40. The van der Waals surface area contributed by atoms with Gasteiger partial charge in [0.2, 0.25) is 5.88 Å². The number of ether oxygens (including phenoxy) is 1. The summed E-state index contributed by atoms with van der Waals surface area (Å²) in [5, 5.41) is 9.70. The van der Waals surface area contributed by atoms with Crippen LogP contribution in [0.4, 0.5) is 5.82 Å². The Morgan fingerprint density at radius 1 is 1.43 bits per heavy atom. The van der Waals surface area contributed by atoms with E-state index in [1.54, 1.807) is 0 Å². The van der Waals surface area contributed by atoms with Crippen LogP contribution in [0.15, 0.2) is 0 Å². The second kappa shape index (κ2) is 6.49. The van der Waals surface area contributed by atoms with E-state index in [4.69, 9.17) is 22.1 Å². The summed E-state index contributed by atoms with van der Waals surface area (Å²) in [6, 6.07) is -0.150. The first-order chi connectivity index (χ1) is 9.97. The normalized spacial score (nSPS) is 17.5. The van der Waals surface area contributed by atoms with Crippen LogP contribution in [0.25, 0.3) is 0 Å². The Balaban J connectivity index is 2.53. The number of pyridine rings is 1. The number of aromatic carboxylic acids is 1. The van der Waals surface area contributed by atoms with Crippen LogP contribution < -0.4 is 10.5 Å². The highest BCUT2D eigenvalue weighted by Gasteiger charge is 2.30. The Morgan fingerprint density at radius 2 is 2.05 bits per heavy atom. The third-order valence-corrected chi connectivity index (χ3v) is 4.33. The SMILES string of the molecule is COc1nc(N)c(Cl)c(C(C)N2CCCCC2)c1C(=O)O. The van der Waals surface area contributed by atoms with E-state index in [0.717, 1.165) is 25.9 Å². The first-order valence-corrected chi connectivity index (χ1v) is 7.35. The molecule has 21 heavy (non-hydrogen) atoms. The summed E-state index contributed by atoms with van der Waals surface area (Å²) in [5.74, 6) is -1.01. The zero-order valence-corrected chi connectivity index (χ0v) is 13.0. The third-order valence-electron chi connectivity index (χ3n) is 3.93. The fourth-order valence-electron chi connectivity index (χ4n) is 2.81. The Morgan fingerprint density at radius 3 is 2.57 bits per heavy atom. The van der Waals surface area contributed by atoms with Crippen molar-refractivity contribution < 1.29 is 14.6 Å². The van der Waals surface area contributed by atoms with Crippen molar-refractivity contribution in [1.82, 2.24) is 9.88 Å². The number of halogens is 1. The Labute approximate surface area is 128 Å². The maximum atomic E-state index is 11.6. The van der Waals surface area contributed by atoms with Crippen LogP contribution in [0.2, 0.25) is 5.02 Å². The average Bonchev–Trinajstić information content (AvgIpc) is 2.49. The predicted molar refractivity (Wildman–Crippen MR) is 81.0 cm³/mol. The van der Waals surface area contributed by atoms with Gasteiger partial charge < -0.3 is 15.6 Å². The van der Waals surface area contributed by atoms with Gasteiger partial charge in [-0.3, -0.25) is 4.90 Å². The second-order valence-electron chi connectivity index (χ2n) is 5.19.